The number of nitrogens with zero attached hydrogens (tertiary/aromatic N) is 1. The smallest absolute Gasteiger partial charge is 0.0678 e. The van der Waals surface area contributed by atoms with Crippen molar-refractivity contribution in [3.63, 3.8) is 0 Å². The van der Waals surface area contributed by atoms with Crippen molar-refractivity contribution < 1.29 is 4.74 Å². The van der Waals surface area contributed by atoms with Gasteiger partial charge in [0, 0.05) is 25.2 Å². The minimum absolute atomic E-state index is 0.254. The van der Waals surface area contributed by atoms with Crippen molar-refractivity contribution in [2.45, 2.75) is 64.2 Å². The van der Waals surface area contributed by atoms with Crippen LogP contribution in [0.5, 0.6) is 0 Å². The van der Waals surface area contributed by atoms with E-state index in [0.717, 1.165) is 25.6 Å². The van der Waals surface area contributed by atoms with Crippen LogP contribution < -0.4 is 5.73 Å². The molecule has 1 aliphatic heterocycles. The monoisotopic (exact) mass is 240 g/mol. The second kappa shape index (κ2) is 5.25. The van der Waals surface area contributed by atoms with Crippen LogP contribution in [0.4, 0.5) is 0 Å². The van der Waals surface area contributed by atoms with Gasteiger partial charge in [-0.05, 0) is 32.6 Å². The van der Waals surface area contributed by atoms with Gasteiger partial charge in [-0.1, -0.05) is 19.8 Å². The third kappa shape index (κ3) is 2.83. The third-order valence-corrected chi connectivity index (χ3v) is 4.54. The number of rotatable bonds is 2. The van der Waals surface area contributed by atoms with Gasteiger partial charge in [-0.2, -0.15) is 0 Å². The van der Waals surface area contributed by atoms with Gasteiger partial charge in [-0.15, -0.1) is 0 Å². The molecule has 0 radical (unpaired) electrons. The first kappa shape index (κ1) is 13.3. The second-order valence-corrected chi connectivity index (χ2v) is 6.29. The lowest BCUT2D eigenvalue weighted by Gasteiger charge is -2.51. The molecule has 0 bridgehead atoms. The number of ether oxygens (including phenoxy) is 1. The van der Waals surface area contributed by atoms with Crippen molar-refractivity contribution in [2.75, 3.05) is 19.6 Å². The van der Waals surface area contributed by atoms with Crippen LogP contribution in [0.2, 0.25) is 0 Å². The molecule has 1 heterocycles. The van der Waals surface area contributed by atoms with E-state index in [1.807, 2.05) is 0 Å². The first-order valence-corrected chi connectivity index (χ1v) is 7.16. The fourth-order valence-electron chi connectivity index (χ4n) is 3.80. The largest absolute Gasteiger partial charge is 0.373 e. The fourth-order valence-corrected chi connectivity index (χ4v) is 3.80. The maximum Gasteiger partial charge on any atom is 0.0678 e. The summed E-state index contributed by atoms with van der Waals surface area (Å²) in [6.45, 7) is 9.63. The number of morpholine rings is 1. The normalized spacial score (nSPS) is 44.8. The molecule has 17 heavy (non-hydrogen) atoms. The lowest BCUT2D eigenvalue weighted by atomic mass is 9.75. The van der Waals surface area contributed by atoms with E-state index in [2.05, 4.69) is 25.7 Å². The van der Waals surface area contributed by atoms with Gasteiger partial charge < -0.3 is 10.5 Å². The summed E-state index contributed by atoms with van der Waals surface area (Å²) in [6.07, 6.45) is 5.94. The Balaban J connectivity index is 2.10. The molecule has 2 rings (SSSR count). The van der Waals surface area contributed by atoms with Crippen molar-refractivity contribution in [1.29, 1.82) is 0 Å². The lowest BCUT2D eigenvalue weighted by molar-refractivity contribution is -0.111. The third-order valence-electron chi connectivity index (χ3n) is 4.54. The zero-order valence-corrected chi connectivity index (χ0v) is 11.6. The van der Waals surface area contributed by atoms with Crippen LogP contribution in [0, 0.1) is 5.92 Å². The highest BCUT2D eigenvalue weighted by molar-refractivity contribution is 4.98. The van der Waals surface area contributed by atoms with E-state index in [4.69, 9.17) is 10.5 Å². The molecule has 2 unspecified atom stereocenters. The molecule has 0 spiro atoms. The average molecular weight is 240 g/mol. The molecular weight excluding hydrogens is 212 g/mol. The Morgan fingerprint density at radius 1 is 1.24 bits per heavy atom. The summed E-state index contributed by atoms with van der Waals surface area (Å²) < 4.78 is 5.84. The molecule has 4 atom stereocenters. The van der Waals surface area contributed by atoms with Gasteiger partial charge in [0.1, 0.15) is 0 Å². The van der Waals surface area contributed by atoms with Gasteiger partial charge in [0.25, 0.3) is 0 Å². The number of hydrogen-bond acceptors (Lipinski definition) is 3. The minimum atomic E-state index is 0.254. The van der Waals surface area contributed by atoms with Crippen LogP contribution in [0.3, 0.4) is 0 Å². The maximum atomic E-state index is 6.14. The maximum absolute atomic E-state index is 6.14. The predicted octanol–water partition coefficient (Wildman–Crippen LogP) is 2.00. The van der Waals surface area contributed by atoms with Crippen molar-refractivity contribution in [2.24, 2.45) is 11.7 Å². The van der Waals surface area contributed by atoms with Gasteiger partial charge >= 0.3 is 0 Å². The first-order valence-electron chi connectivity index (χ1n) is 7.16. The average Bonchev–Trinajstić information content (AvgIpc) is 2.27. The summed E-state index contributed by atoms with van der Waals surface area (Å²) in [4.78, 5) is 2.63. The van der Waals surface area contributed by atoms with Gasteiger partial charge in [0.05, 0.1) is 12.2 Å². The molecule has 3 heteroatoms. The Morgan fingerprint density at radius 3 is 2.41 bits per heavy atom. The molecule has 1 aliphatic carbocycles. The Kier molecular flexibility index (Phi) is 4.11. The van der Waals surface area contributed by atoms with Crippen molar-refractivity contribution in [3.8, 4) is 0 Å². The van der Waals surface area contributed by atoms with Crippen LogP contribution in [-0.2, 0) is 4.74 Å². The molecule has 2 fully saturated rings. The van der Waals surface area contributed by atoms with E-state index in [1.54, 1.807) is 0 Å². The molecule has 1 saturated carbocycles. The Bertz CT molecular complexity index is 249. The highest BCUT2D eigenvalue weighted by atomic mass is 16.5. The Morgan fingerprint density at radius 2 is 1.88 bits per heavy atom. The quantitative estimate of drug-likeness (QED) is 0.802. The first-order chi connectivity index (χ1) is 8.05. The minimum Gasteiger partial charge on any atom is -0.373 e. The predicted molar refractivity (Wildman–Crippen MR) is 71.0 cm³/mol. The molecule has 2 aliphatic rings. The standard InChI is InChI=1S/C14H28N2O/c1-11-5-4-6-14(7-11,10-15)16-8-12(2)17-13(3)9-16/h11-13H,4-10,15H2,1-3H3/t11?,12-,13+,14?. The SMILES string of the molecule is CC1CCCC(CN)(N2C[C@@H](C)O[C@@H](C)C2)C1. The van der Waals surface area contributed by atoms with Gasteiger partial charge in [0.2, 0.25) is 0 Å². The zero-order valence-electron chi connectivity index (χ0n) is 11.6. The Hall–Kier alpha value is -0.120. The van der Waals surface area contributed by atoms with E-state index in [9.17, 15) is 0 Å². The molecule has 3 nitrogen and oxygen atoms in total. The zero-order chi connectivity index (χ0) is 12.5. The van der Waals surface area contributed by atoms with Crippen molar-refractivity contribution in [3.05, 3.63) is 0 Å². The summed E-state index contributed by atoms with van der Waals surface area (Å²) in [6, 6.07) is 0. The van der Waals surface area contributed by atoms with E-state index < -0.39 is 0 Å². The highest BCUT2D eigenvalue weighted by Gasteiger charge is 2.41. The molecule has 1 saturated heterocycles. The van der Waals surface area contributed by atoms with Crippen molar-refractivity contribution in [1.82, 2.24) is 4.90 Å². The summed E-state index contributed by atoms with van der Waals surface area (Å²) in [7, 11) is 0. The van der Waals surface area contributed by atoms with Crippen molar-refractivity contribution >= 4 is 0 Å². The van der Waals surface area contributed by atoms with Gasteiger partial charge in [0.15, 0.2) is 0 Å². The second-order valence-electron chi connectivity index (χ2n) is 6.29. The van der Waals surface area contributed by atoms with E-state index in [0.29, 0.717) is 12.2 Å². The molecule has 2 N–H and O–H groups in total. The summed E-state index contributed by atoms with van der Waals surface area (Å²) in [5.41, 5.74) is 6.39. The number of nitrogens with two attached hydrogens (primary N) is 1. The molecular formula is C14H28N2O. The molecule has 0 amide bonds. The topological polar surface area (TPSA) is 38.5 Å². The fraction of sp³-hybridized carbons (Fsp3) is 1.00. The lowest BCUT2D eigenvalue weighted by Crippen LogP contribution is -2.62. The van der Waals surface area contributed by atoms with Crippen LogP contribution in [0.1, 0.15) is 46.5 Å². The summed E-state index contributed by atoms with van der Waals surface area (Å²) >= 11 is 0. The van der Waals surface area contributed by atoms with Crippen LogP contribution in [0.15, 0.2) is 0 Å². The summed E-state index contributed by atoms with van der Waals surface area (Å²) in [5, 5.41) is 0. The van der Waals surface area contributed by atoms with Gasteiger partial charge in [-0.25, -0.2) is 0 Å². The van der Waals surface area contributed by atoms with E-state index in [-0.39, 0.29) is 5.54 Å². The number of hydrogen-bond donors (Lipinski definition) is 1. The summed E-state index contributed by atoms with van der Waals surface area (Å²) in [5.74, 6) is 0.820. The van der Waals surface area contributed by atoms with Crippen LogP contribution in [0.25, 0.3) is 0 Å². The highest BCUT2D eigenvalue weighted by Crippen LogP contribution is 2.37. The molecule has 0 aromatic rings. The Labute approximate surface area is 106 Å². The van der Waals surface area contributed by atoms with E-state index >= 15 is 0 Å². The van der Waals surface area contributed by atoms with E-state index in [1.165, 1.54) is 25.7 Å². The molecule has 0 aromatic heterocycles. The van der Waals surface area contributed by atoms with Crippen LogP contribution >= 0.6 is 0 Å². The molecule has 100 valence electrons. The van der Waals surface area contributed by atoms with Gasteiger partial charge in [-0.3, -0.25) is 4.90 Å². The molecule has 0 aromatic carbocycles. The van der Waals surface area contributed by atoms with Crippen LogP contribution in [-0.4, -0.2) is 42.3 Å².